The van der Waals surface area contributed by atoms with Crippen LogP contribution in [0, 0.1) is 12.7 Å². The van der Waals surface area contributed by atoms with Gasteiger partial charge in [0.05, 0.1) is 23.7 Å². The monoisotopic (exact) mass is 192 g/mol. The second-order valence-corrected chi connectivity index (χ2v) is 2.96. The van der Waals surface area contributed by atoms with Crippen molar-refractivity contribution in [3.8, 4) is 5.75 Å². The fraction of sp³-hybridized carbons (Fsp3) is 0.200. The molecule has 0 saturated heterocycles. The number of nitrogens with zero attached hydrogens (tertiary/aromatic N) is 2. The lowest BCUT2D eigenvalue weighted by Gasteiger charge is -2.04. The van der Waals surface area contributed by atoms with Gasteiger partial charge in [0.15, 0.2) is 0 Å². The fourth-order valence-electron chi connectivity index (χ4n) is 1.39. The van der Waals surface area contributed by atoms with Crippen LogP contribution < -0.4 is 4.74 Å². The van der Waals surface area contributed by atoms with Crippen molar-refractivity contribution < 1.29 is 9.13 Å². The summed E-state index contributed by atoms with van der Waals surface area (Å²) in [7, 11) is 1.49. The minimum absolute atomic E-state index is 0.350. The molecule has 0 atom stereocenters. The lowest BCUT2D eigenvalue weighted by molar-refractivity contribution is 0.412. The summed E-state index contributed by atoms with van der Waals surface area (Å²) >= 11 is 0. The first-order valence-electron chi connectivity index (χ1n) is 4.17. The molecule has 2 rings (SSSR count). The van der Waals surface area contributed by atoms with Gasteiger partial charge in [-0.25, -0.2) is 14.4 Å². The van der Waals surface area contributed by atoms with Crippen LogP contribution in [0.5, 0.6) is 5.75 Å². The van der Waals surface area contributed by atoms with E-state index in [9.17, 15) is 4.39 Å². The van der Waals surface area contributed by atoms with Gasteiger partial charge in [-0.1, -0.05) is 0 Å². The molecule has 4 heteroatoms. The third-order valence-electron chi connectivity index (χ3n) is 2.09. The summed E-state index contributed by atoms with van der Waals surface area (Å²) in [6.45, 7) is 1.75. The van der Waals surface area contributed by atoms with Crippen LogP contribution in [0.15, 0.2) is 18.5 Å². The summed E-state index contributed by atoms with van der Waals surface area (Å²) in [5.41, 5.74) is 1.20. The molecule has 14 heavy (non-hydrogen) atoms. The molecule has 0 spiro atoms. The van der Waals surface area contributed by atoms with Gasteiger partial charge >= 0.3 is 0 Å². The van der Waals surface area contributed by atoms with E-state index < -0.39 is 0 Å². The van der Waals surface area contributed by atoms with E-state index in [0.717, 1.165) is 0 Å². The first-order chi connectivity index (χ1) is 6.72. The predicted octanol–water partition coefficient (Wildman–Crippen LogP) is 2.09. The predicted molar refractivity (Wildman–Crippen MR) is 50.8 cm³/mol. The molecule has 72 valence electrons. The molecular weight excluding hydrogens is 183 g/mol. The molecule has 0 unspecified atom stereocenters. The summed E-state index contributed by atoms with van der Waals surface area (Å²) in [4.78, 5) is 7.91. The van der Waals surface area contributed by atoms with Crippen molar-refractivity contribution in [1.29, 1.82) is 0 Å². The Labute approximate surface area is 80.6 Å². The van der Waals surface area contributed by atoms with Gasteiger partial charge in [-0.3, -0.25) is 0 Å². The molecule has 1 aromatic heterocycles. The summed E-state index contributed by atoms with van der Waals surface area (Å²) in [5.74, 6) is 0.116. The molecule has 0 saturated carbocycles. The summed E-state index contributed by atoms with van der Waals surface area (Å²) in [6, 6.07) is 3.02. The van der Waals surface area contributed by atoms with Crippen LogP contribution in [0.3, 0.4) is 0 Å². The molecule has 0 aliphatic heterocycles. The molecule has 0 amide bonds. The Balaban J connectivity index is 2.83. The van der Waals surface area contributed by atoms with E-state index in [1.54, 1.807) is 13.0 Å². The Hall–Kier alpha value is -1.71. The third-order valence-corrected chi connectivity index (χ3v) is 2.09. The second-order valence-electron chi connectivity index (χ2n) is 2.96. The highest BCUT2D eigenvalue weighted by Crippen LogP contribution is 2.23. The van der Waals surface area contributed by atoms with Crippen LogP contribution in [-0.2, 0) is 0 Å². The maximum absolute atomic E-state index is 13.5. The Morgan fingerprint density at radius 1 is 1.29 bits per heavy atom. The quantitative estimate of drug-likeness (QED) is 0.693. The smallest absolute Gasteiger partial charge is 0.138 e. The highest BCUT2D eigenvalue weighted by molar-refractivity contribution is 5.82. The topological polar surface area (TPSA) is 35.0 Å². The second kappa shape index (κ2) is 3.21. The van der Waals surface area contributed by atoms with Crippen molar-refractivity contribution in [2.75, 3.05) is 7.11 Å². The third kappa shape index (κ3) is 1.28. The van der Waals surface area contributed by atoms with Crippen LogP contribution in [0.2, 0.25) is 0 Å². The van der Waals surface area contributed by atoms with Crippen molar-refractivity contribution in [2.45, 2.75) is 6.92 Å². The molecule has 1 heterocycles. The molecule has 0 bridgehead atoms. The highest BCUT2D eigenvalue weighted by atomic mass is 19.1. The number of benzene rings is 1. The Morgan fingerprint density at radius 2 is 2.07 bits per heavy atom. The fourth-order valence-corrected chi connectivity index (χ4v) is 1.39. The molecule has 3 nitrogen and oxygen atoms in total. The highest BCUT2D eigenvalue weighted by Gasteiger charge is 2.07. The normalized spacial score (nSPS) is 10.5. The molecular formula is C10H9FN2O. The van der Waals surface area contributed by atoms with Crippen molar-refractivity contribution in [3.63, 3.8) is 0 Å². The molecule has 0 aliphatic carbocycles. The Morgan fingerprint density at radius 3 is 2.79 bits per heavy atom. The number of halogens is 1. The Bertz CT molecular complexity index is 485. The number of aromatic nitrogens is 2. The lowest BCUT2D eigenvalue weighted by Crippen LogP contribution is -1.92. The molecule has 0 radical (unpaired) electrons. The lowest BCUT2D eigenvalue weighted by atomic mass is 10.2. The molecule has 1 aromatic carbocycles. The maximum atomic E-state index is 13.5. The average Bonchev–Trinajstić information content (AvgIpc) is 2.17. The summed E-state index contributed by atoms with van der Waals surface area (Å²) in [6.07, 6.45) is 1.41. The number of hydrogen-bond donors (Lipinski definition) is 0. The van der Waals surface area contributed by atoms with E-state index in [4.69, 9.17) is 4.74 Å². The van der Waals surface area contributed by atoms with Crippen LogP contribution in [0.1, 0.15) is 5.69 Å². The van der Waals surface area contributed by atoms with E-state index in [-0.39, 0.29) is 5.82 Å². The molecule has 0 fully saturated rings. The maximum Gasteiger partial charge on any atom is 0.138 e. The van der Waals surface area contributed by atoms with Crippen molar-refractivity contribution >= 4 is 10.9 Å². The van der Waals surface area contributed by atoms with Gasteiger partial charge in [0.2, 0.25) is 0 Å². The van der Waals surface area contributed by atoms with Gasteiger partial charge in [0, 0.05) is 12.1 Å². The number of aryl methyl sites for hydroxylation is 1. The number of rotatable bonds is 1. The van der Waals surface area contributed by atoms with Gasteiger partial charge in [0.25, 0.3) is 0 Å². The first-order valence-corrected chi connectivity index (χ1v) is 4.17. The zero-order chi connectivity index (χ0) is 10.1. The number of methoxy groups -OCH3 is 1. The number of ether oxygens (including phenoxy) is 1. The average molecular weight is 192 g/mol. The van der Waals surface area contributed by atoms with Gasteiger partial charge in [-0.05, 0) is 6.92 Å². The first kappa shape index (κ1) is 8.87. The standard InChI is InChI=1S/C10H9FN2O/c1-6-10-8(11)3-7(14-2)4-9(10)13-5-12-6/h3-5H,1-2H3. The molecule has 0 aliphatic rings. The van der Waals surface area contributed by atoms with E-state index in [0.29, 0.717) is 22.3 Å². The van der Waals surface area contributed by atoms with E-state index in [1.807, 2.05) is 0 Å². The SMILES string of the molecule is COc1cc(F)c2c(C)ncnc2c1. The largest absolute Gasteiger partial charge is 0.497 e. The zero-order valence-electron chi connectivity index (χ0n) is 7.91. The van der Waals surface area contributed by atoms with E-state index in [2.05, 4.69) is 9.97 Å². The van der Waals surface area contributed by atoms with E-state index in [1.165, 1.54) is 19.5 Å². The number of fused-ring (bicyclic) bond motifs is 1. The minimum atomic E-state index is -0.350. The van der Waals surface area contributed by atoms with Crippen LogP contribution in [0.4, 0.5) is 4.39 Å². The van der Waals surface area contributed by atoms with Gasteiger partial charge in [-0.15, -0.1) is 0 Å². The van der Waals surface area contributed by atoms with E-state index >= 15 is 0 Å². The van der Waals surface area contributed by atoms with Crippen LogP contribution in [-0.4, -0.2) is 17.1 Å². The molecule has 2 aromatic rings. The molecule has 0 N–H and O–H groups in total. The van der Waals surface area contributed by atoms with Gasteiger partial charge < -0.3 is 4.74 Å². The summed E-state index contributed by atoms with van der Waals surface area (Å²) in [5, 5.41) is 0.452. The minimum Gasteiger partial charge on any atom is -0.497 e. The van der Waals surface area contributed by atoms with Crippen molar-refractivity contribution in [1.82, 2.24) is 9.97 Å². The van der Waals surface area contributed by atoms with Gasteiger partial charge in [-0.2, -0.15) is 0 Å². The summed E-state index contributed by atoms with van der Waals surface area (Å²) < 4.78 is 18.5. The van der Waals surface area contributed by atoms with Crippen LogP contribution >= 0.6 is 0 Å². The Kier molecular flexibility index (Phi) is 2.04. The number of hydrogen-bond acceptors (Lipinski definition) is 3. The van der Waals surface area contributed by atoms with Gasteiger partial charge in [0.1, 0.15) is 17.9 Å². The zero-order valence-corrected chi connectivity index (χ0v) is 7.91. The van der Waals surface area contributed by atoms with Crippen molar-refractivity contribution in [3.05, 3.63) is 30.0 Å². The van der Waals surface area contributed by atoms with Crippen molar-refractivity contribution in [2.24, 2.45) is 0 Å². The van der Waals surface area contributed by atoms with Crippen LogP contribution in [0.25, 0.3) is 10.9 Å².